The molecule has 3 atom stereocenters. The van der Waals surface area contributed by atoms with Crippen molar-refractivity contribution in [2.75, 3.05) is 40.9 Å². The van der Waals surface area contributed by atoms with Gasteiger partial charge in [0.05, 0.1) is 39.9 Å². The monoisotopic (exact) mass is 1080 g/mol. The maximum absolute atomic E-state index is 13.0. The van der Waals surface area contributed by atoms with Crippen LogP contribution < -0.4 is 5.32 Å². The van der Waals surface area contributed by atoms with Crippen LogP contribution in [0.25, 0.3) is 0 Å². The second kappa shape index (κ2) is 57.2. The van der Waals surface area contributed by atoms with E-state index in [2.05, 4.69) is 55.6 Å². The Bertz CT molecular complexity index is 1360. The molecular weight excluding hydrogens is 948 g/mol. The number of phosphoric acid groups is 1. The predicted molar refractivity (Wildman–Crippen MR) is 327 cm³/mol. The second-order valence-electron chi connectivity index (χ2n) is 23.5. The molecule has 75 heavy (non-hydrogen) atoms. The molecule has 0 aromatic heterocycles. The van der Waals surface area contributed by atoms with Gasteiger partial charge in [-0.05, 0) is 70.6 Å². The number of likely N-dealkylation sites (N-methyl/N-ethyl adjacent to an activating group) is 1. The van der Waals surface area contributed by atoms with Crippen molar-refractivity contribution in [3.63, 3.8) is 0 Å². The van der Waals surface area contributed by atoms with Gasteiger partial charge in [0.1, 0.15) is 13.2 Å². The zero-order chi connectivity index (χ0) is 54.9. The van der Waals surface area contributed by atoms with Gasteiger partial charge >= 0.3 is 7.82 Å². The van der Waals surface area contributed by atoms with E-state index < -0.39 is 20.0 Å². The number of phosphoric ester groups is 1. The van der Waals surface area contributed by atoms with Crippen molar-refractivity contribution in [2.24, 2.45) is 0 Å². The number of quaternary nitrogens is 1. The molecule has 442 valence electrons. The predicted octanol–water partition coefficient (Wildman–Crippen LogP) is 20.3. The Balaban J connectivity index is 3.98. The minimum atomic E-state index is -4.36. The Labute approximate surface area is 467 Å². The van der Waals surface area contributed by atoms with Crippen LogP contribution in [0, 0.1) is 0 Å². The molecule has 0 aromatic carbocycles. The van der Waals surface area contributed by atoms with Gasteiger partial charge in [-0.2, -0.15) is 0 Å². The highest BCUT2D eigenvalue weighted by molar-refractivity contribution is 7.47. The minimum Gasteiger partial charge on any atom is -0.387 e. The van der Waals surface area contributed by atoms with Crippen molar-refractivity contribution in [1.29, 1.82) is 0 Å². The summed E-state index contributed by atoms with van der Waals surface area (Å²) in [7, 11) is 1.55. The largest absolute Gasteiger partial charge is 0.472 e. The van der Waals surface area contributed by atoms with Crippen molar-refractivity contribution in [2.45, 2.75) is 328 Å². The van der Waals surface area contributed by atoms with Gasteiger partial charge in [-0.1, -0.05) is 287 Å². The number of carbonyl (C=O) groups excluding carboxylic acids is 1. The lowest BCUT2D eigenvalue weighted by atomic mass is 10.0. The van der Waals surface area contributed by atoms with Gasteiger partial charge in [0.2, 0.25) is 5.91 Å². The van der Waals surface area contributed by atoms with E-state index in [4.69, 9.17) is 9.05 Å². The van der Waals surface area contributed by atoms with E-state index in [1.807, 2.05) is 27.2 Å². The van der Waals surface area contributed by atoms with Gasteiger partial charge in [-0.25, -0.2) is 4.57 Å². The van der Waals surface area contributed by atoms with E-state index in [-0.39, 0.29) is 19.1 Å². The molecule has 0 saturated heterocycles. The zero-order valence-corrected chi connectivity index (χ0v) is 51.4. The van der Waals surface area contributed by atoms with E-state index in [1.54, 1.807) is 6.08 Å². The third kappa shape index (κ3) is 60.0. The summed E-state index contributed by atoms with van der Waals surface area (Å²) in [4.78, 5) is 23.3. The van der Waals surface area contributed by atoms with Gasteiger partial charge in [0, 0.05) is 6.42 Å². The van der Waals surface area contributed by atoms with E-state index in [0.29, 0.717) is 17.4 Å². The molecule has 0 aliphatic rings. The van der Waals surface area contributed by atoms with E-state index in [1.165, 1.54) is 250 Å². The molecule has 3 N–H and O–H groups in total. The number of hydrogen-bond donors (Lipinski definition) is 3. The number of amides is 1. The lowest BCUT2D eigenvalue weighted by Crippen LogP contribution is -2.45. The van der Waals surface area contributed by atoms with Crippen LogP contribution in [0.15, 0.2) is 48.6 Å². The summed E-state index contributed by atoms with van der Waals surface area (Å²) in [5.74, 6) is -0.187. The average molecular weight is 1080 g/mol. The Hall–Kier alpha value is -1.54. The van der Waals surface area contributed by atoms with Crippen LogP contribution in [0.3, 0.4) is 0 Å². The Morgan fingerprint density at radius 1 is 0.440 bits per heavy atom. The fraction of sp³-hybridized carbons (Fsp3) is 0.864. The van der Waals surface area contributed by atoms with Crippen LogP contribution in [0.2, 0.25) is 0 Å². The summed E-state index contributed by atoms with van der Waals surface area (Å²) in [6.45, 7) is 4.81. The van der Waals surface area contributed by atoms with Gasteiger partial charge < -0.3 is 19.8 Å². The summed E-state index contributed by atoms with van der Waals surface area (Å²) >= 11 is 0. The third-order valence-corrected chi connectivity index (χ3v) is 15.7. The van der Waals surface area contributed by atoms with E-state index in [9.17, 15) is 19.4 Å². The van der Waals surface area contributed by atoms with E-state index >= 15 is 0 Å². The van der Waals surface area contributed by atoms with Crippen molar-refractivity contribution < 1.29 is 32.9 Å². The van der Waals surface area contributed by atoms with Crippen LogP contribution in [0.4, 0.5) is 0 Å². The van der Waals surface area contributed by atoms with Crippen molar-refractivity contribution in [1.82, 2.24) is 5.32 Å². The van der Waals surface area contributed by atoms with Gasteiger partial charge in [0.15, 0.2) is 0 Å². The van der Waals surface area contributed by atoms with Crippen LogP contribution in [-0.2, 0) is 18.4 Å². The SMILES string of the molecule is CCCCCCCC/C=C/CC/C=C/CC/C=C/C(O)C(COP(=O)(O)OCC[N+](C)(C)C)NC(=O)CCCCCCCCCCCCCCCCCCC/C=C\CCCCCCCCCCCCCCCCCC. The number of rotatable bonds is 60. The fourth-order valence-corrected chi connectivity index (χ4v) is 10.4. The molecule has 9 heteroatoms. The number of allylic oxidation sites excluding steroid dienone is 7. The van der Waals surface area contributed by atoms with Crippen LogP contribution in [0.1, 0.15) is 316 Å². The van der Waals surface area contributed by atoms with Gasteiger partial charge in [-0.3, -0.25) is 13.8 Å². The fourth-order valence-electron chi connectivity index (χ4n) is 9.66. The number of nitrogens with one attached hydrogen (secondary N) is 1. The lowest BCUT2D eigenvalue weighted by Gasteiger charge is -2.25. The number of carbonyl (C=O) groups is 1. The highest BCUT2D eigenvalue weighted by Gasteiger charge is 2.27. The molecule has 0 heterocycles. The molecule has 0 radical (unpaired) electrons. The Morgan fingerprint density at radius 3 is 1.07 bits per heavy atom. The van der Waals surface area contributed by atoms with Crippen LogP contribution in [-0.4, -0.2) is 73.4 Å². The quantitative estimate of drug-likeness (QED) is 0.0243. The lowest BCUT2D eigenvalue weighted by molar-refractivity contribution is -0.870. The number of aliphatic hydroxyl groups is 1. The highest BCUT2D eigenvalue weighted by atomic mass is 31.2. The first-order valence-corrected chi connectivity index (χ1v) is 34.0. The van der Waals surface area contributed by atoms with Crippen molar-refractivity contribution >= 4 is 13.7 Å². The number of aliphatic hydroxyl groups excluding tert-OH is 1. The van der Waals surface area contributed by atoms with Crippen molar-refractivity contribution in [3.05, 3.63) is 48.6 Å². The Morgan fingerprint density at radius 2 is 0.733 bits per heavy atom. The number of unbranched alkanes of at least 4 members (excludes halogenated alkanes) is 41. The summed E-state index contributed by atoms with van der Waals surface area (Å²) in [6.07, 6.45) is 76.9. The first-order valence-electron chi connectivity index (χ1n) is 32.5. The highest BCUT2D eigenvalue weighted by Crippen LogP contribution is 2.43. The summed E-state index contributed by atoms with van der Waals surface area (Å²) in [5.41, 5.74) is 0. The smallest absolute Gasteiger partial charge is 0.387 e. The molecule has 8 nitrogen and oxygen atoms in total. The molecular formula is C66H128N2O6P+. The number of nitrogens with zero attached hydrogens (tertiary/aromatic N) is 1. The molecule has 0 bridgehead atoms. The normalized spacial score (nSPS) is 14.1. The van der Waals surface area contributed by atoms with E-state index in [0.717, 1.165) is 44.9 Å². The standard InChI is InChI=1S/C66H127N2O6P/c1-6-8-10-12-14-16-18-20-22-24-25-26-27-28-29-30-31-32-33-34-35-36-37-38-39-40-41-42-43-44-46-48-50-52-54-56-58-60-66(70)67-64(63-74-75(71,72)73-62-61-68(3,4)5)65(69)59-57-55-53-51-49-47-45-23-21-19-17-15-13-11-9-7-2/h21,23,32-33,49,51,57,59,64-65,69H,6-20,22,24-31,34-48,50,52-56,58,60-63H2,1-5H3,(H-,67,70,71,72)/p+1/b23-21+,33-32-,51-49+,59-57+. The zero-order valence-electron chi connectivity index (χ0n) is 50.6. The first-order chi connectivity index (χ1) is 36.5. The molecule has 0 aliphatic heterocycles. The molecule has 0 aliphatic carbocycles. The van der Waals surface area contributed by atoms with Crippen molar-refractivity contribution in [3.8, 4) is 0 Å². The Kier molecular flexibility index (Phi) is 56.0. The molecule has 0 aromatic rings. The third-order valence-electron chi connectivity index (χ3n) is 14.7. The topological polar surface area (TPSA) is 105 Å². The molecule has 0 fully saturated rings. The van der Waals surface area contributed by atoms with Crippen LogP contribution >= 0.6 is 7.82 Å². The maximum Gasteiger partial charge on any atom is 0.472 e. The summed E-state index contributed by atoms with van der Waals surface area (Å²) in [6, 6.07) is -0.870. The number of hydrogen-bond acceptors (Lipinski definition) is 5. The molecule has 0 spiro atoms. The van der Waals surface area contributed by atoms with Gasteiger partial charge in [0.25, 0.3) is 0 Å². The maximum atomic E-state index is 13.0. The molecule has 1 amide bonds. The minimum absolute atomic E-state index is 0.0539. The molecule has 3 unspecified atom stereocenters. The average Bonchev–Trinajstić information content (AvgIpc) is 3.37. The summed E-state index contributed by atoms with van der Waals surface area (Å²) in [5, 5.41) is 13.9. The molecule has 0 rings (SSSR count). The summed E-state index contributed by atoms with van der Waals surface area (Å²) < 4.78 is 23.7. The van der Waals surface area contributed by atoms with Crippen LogP contribution in [0.5, 0.6) is 0 Å². The van der Waals surface area contributed by atoms with Gasteiger partial charge in [-0.15, -0.1) is 0 Å². The first kappa shape index (κ1) is 73.5. The second-order valence-corrected chi connectivity index (χ2v) is 24.9. The molecule has 0 saturated carbocycles.